The minimum atomic E-state index is -0.343. The first-order chi connectivity index (χ1) is 13.0. The van der Waals surface area contributed by atoms with Crippen LogP contribution in [0.25, 0.3) is 0 Å². The van der Waals surface area contributed by atoms with Crippen LogP contribution in [0.1, 0.15) is 12.8 Å². The summed E-state index contributed by atoms with van der Waals surface area (Å²) in [4.78, 5) is 26.0. The Labute approximate surface area is 167 Å². The van der Waals surface area contributed by atoms with Crippen molar-refractivity contribution >= 4 is 46.5 Å². The Morgan fingerprint density at radius 3 is 2.41 bits per heavy atom. The minimum Gasteiger partial charge on any atom is -0.482 e. The molecule has 0 saturated carbocycles. The number of rotatable bonds is 5. The van der Waals surface area contributed by atoms with Gasteiger partial charge in [0.15, 0.2) is 6.61 Å². The molecule has 142 valence electrons. The third-order valence-corrected chi connectivity index (χ3v) is 4.57. The molecule has 0 bridgehead atoms. The minimum absolute atomic E-state index is 0.128. The number of nitrogens with one attached hydrogen (secondary N) is 2. The number of carbonyl (C=O) groups excluding carboxylic acids is 2. The van der Waals surface area contributed by atoms with Gasteiger partial charge in [0.05, 0.1) is 5.02 Å². The molecule has 1 aliphatic heterocycles. The number of nitrogens with zero attached hydrogens (tertiary/aromatic N) is 1. The first kappa shape index (κ1) is 19.3. The molecule has 3 amide bonds. The first-order valence-corrected chi connectivity index (χ1v) is 9.30. The van der Waals surface area contributed by atoms with E-state index in [2.05, 4.69) is 10.6 Å². The predicted octanol–water partition coefficient (Wildman–Crippen LogP) is 4.64. The molecule has 0 aromatic heterocycles. The Kier molecular flexibility index (Phi) is 6.42. The van der Waals surface area contributed by atoms with Crippen LogP contribution in [0.5, 0.6) is 5.75 Å². The molecule has 2 aromatic carbocycles. The summed E-state index contributed by atoms with van der Waals surface area (Å²) in [7, 11) is 0. The van der Waals surface area contributed by atoms with Crippen molar-refractivity contribution in [2.75, 3.05) is 30.3 Å². The zero-order chi connectivity index (χ0) is 19.2. The Balaban J connectivity index is 1.53. The van der Waals surface area contributed by atoms with E-state index < -0.39 is 0 Å². The van der Waals surface area contributed by atoms with E-state index in [1.54, 1.807) is 47.4 Å². The van der Waals surface area contributed by atoms with Crippen LogP contribution in [0, 0.1) is 0 Å². The molecule has 0 atom stereocenters. The van der Waals surface area contributed by atoms with E-state index in [9.17, 15) is 9.59 Å². The van der Waals surface area contributed by atoms with Crippen molar-refractivity contribution in [3.05, 3.63) is 52.5 Å². The summed E-state index contributed by atoms with van der Waals surface area (Å²) in [5.41, 5.74) is 1.18. The van der Waals surface area contributed by atoms with Crippen molar-refractivity contribution < 1.29 is 14.3 Å². The van der Waals surface area contributed by atoms with Crippen molar-refractivity contribution in [3.8, 4) is 5.75 Å². The third-order valence-electron chi connectivity index (χ3n) is 4.04. The molecule has 2 N–H and O–H groups in total. The fourth-order valence-electron chi connectivity index (χ4n) is 2.73. The molecule has 0 radical (unpaired) electrons. The van der Waals surface area contributed by atoms with E-state index >= 15 is 0 Å². The fraction of sp³-hybridized carbons (Fsp3) is 0.263. The maximum Gasteiger partial charge on any atom is 0.321 e. The number of hydrogen-bond donors (Lipinski definition) is 2. The number of urea groups is 1. The monoisotopic (exact) mass is 407 g/mol. The summed E-state index contributed by atoms with van der Waals surface area (Å²) < 4.78 is 5.41. The van der Waals surface area contributed by atoms with E-state index in [1.165, 1.54) is 0 Å². The fourth-order valence-corrected chi connectivity index (χ4v) is 3.19. The van der Waals surface area contributed by atoms with Crippen LogP contribution in [0.2, 0.25) is 10.0 Å². The standard InChI is InChI=1S/C19H19Cl2N3O3/c20-13-6-7-17(16(21)10-13)27-12-18(25)22-14-4-3-5-15(11-14)23-19(26)24-8-1-2-9-24/h3-7,10-11H,1-2,8-9,12H2,(H,22,25)(H,23,26). The first-order valence-electron chi connectivity index (χ1n) is 8.55. The average Bonchev–Trinajstić information content (AvgIpc) is 3.16. The lowest BCUT2D eigenvalue weighted by Gasteiger charge is -2.16. The van der Waals surface area contributed by atoms with Gasteiger partial charge in [-0.15, -0.1) is 0 Å². The van der Waals surface area contributed by atoms with Crippen molar-refractivity contribution in [1.29, 1.82) is 0 Å². The SMILES string of the molecule is O=C(COc1ccc(Cl)cc1Cl)Nc1cccc(NC(=O)N2CCCC2)c1. The molecule has 8 heteroatoms. The molecule has 0 aliphatic carbocycles. The van der Waals surface area contributed by atoms with Crippen molar-refractivity contribution in [2.24, 2.45) is 0 Å². The average molecular weight is 408 g/mol. The molecular formula is C19H19Cl2N3O3. The number of likely N-dealkylation sites (tertiary alicyclic amines) is 1. The van der Waals surface area contributed by atoms with Crippen LogP contribution >= 0.6 is 23.2 Å². The second-order valence-electron chi connectivity index (χ2n) is 6.12. The largest absolute Gasteiger partial charge is 0.482 e. The molecule has 0 spiro atoms. The van der Waals surface area contributed by atoms with Gasteiger partial charge in [0.2, 0.25) is 0 Å². The molecule has 27 heavy (non-hydrogen) atoms. The molecule has 1 aliphatic rings. The molecule has 0 unspecified atom stereocenters. The van der Waals surface area contributed by atoms with E-state index in [1.807, 2.05) is 0 Å². The maximum atomic E-state index is 12.1. The number of hydrogen-bond acceptors (Lipinski definition) is 3. The van der Waals surface area contributed by atoms with Gasteiger partial charge in [-0.3, -0.25) is 4.79 Å². The number of ether oxygens (including phenoxy) is 1. The van der Waals surface area contributed by atoms with E-state index in [4.69, 9.17) is 27.9 Å². The van der Waals surface area contributed by atoms with Gasteiger partial charge in [-0.1, -0.05) is 29.3 Å². The molecule has 1 heterocycles. The highest BCUT2D eigenvalue weighted by Crippen LogP contribution is 2.27. The van der Waals surface area contributed by atoms with Crippen molar-refractivity contribution in [2.45, 2.75) is 12.8 Å². The zero-order valence-corrected chi connectivity index (χ0v) is 16.0. The summed E-state index contributed by atoms with van der Waals surface area (Å²) in [6, 6.07) is 11.6. The number of carbonyl (C=O) groups is 2. The topological polar surface area (TPSA) is 70.7 Å². The lowest BCUT2D eigenvalue weighted by molar-refractivity contribution is -0.118. The molecule has 3 rings (SSSR count). The van der Waals surface area contributed by atoms with Crippen LogP contribution in [0.15, 0.2) is 42.5 Å². The van der Waals surface area contributed by atoms with Gasteiger partial charge in [-0.2, -0.15) is 0 Å². The maximum absolute atomic E-state index is 12.1. The summed E-state index contributed by atoms with van der Waals surface area (Å²) in [6.45, 7) is 1.34. The van der Waals surface area contributed by atoms with Gasteiger partial charge in [-0.05, 0) is 49.2 Å². The Morgan fingerprint density at radius 2 is 1.70 bits per heavy atom. The Morgan fingerprint density at radius 1 is 1.00 bits per heavy atom. The molecule has 6 nitrogen and oxygen atoms in total. The van der Waals surface area contributed by atoms with Gasteiger partial charge < -0.3 is 20.3 Å². The number of halogens is 2. The van der Waals surface area contributed by atoms with E-state index in [-0.39, 0.29) is 18.5 Å². The van der Waals surface area contributed by atoms with Crippen molar-refractivity contribution in [3.63, 3.8) is 0 Å². The summed E-state index contributed by atoms with van der Waals surface area (Å²) in [5, 5.41) is 6.40. The summed E-state index contributed by atoms with van der Waals surface area (Å²) in [6.07, 6.45) is 2.06. The lowest BCUT2D eigenvalue weighted by Crippen LogP contribution is -2.32. The van der Waals surface area contributed by atoms with E-state index in [0.29, 0.717) is 27.2 Å². The van der Waals surface area contributed by atoms with Crippen LogP contribution in [-0.4, -0.2) is 36.5 Å². The van der Waals surface area contributed by atoms with Gasteiger partial charge in [0.1, 0.15) is 5.75 Å². The van der Waals surface area contributed by atoms with Crippen LogP contribution in [0.3, 0.4) is 0 Å². The van der Waals surface area contributed by atoms with Gasteiger partial charge >= 0.3 is 6.03 Å². The van der Waals surface area contributed by atoms with E-state index in [0.717, 1.165) is 25.9 Å². The van der Waals surface area contributed by atoms with Gasteiger partial charge in [0.25, 0.3) is 5.91 Å². The van der Waals surface area contributed by atoms with Crippen LogP contribution in [0.4, 0.5) is 16.2 Å². The summed E-state index contributed by atoms with van der Waals surface area (Å²) in [5.74, 6) is 0.0341. The van der Waals surface area contributed by atoms with Crippen LogP contribution in [-0.2, 0) is 4.79 Å². The lowest BCUT2D eigenvalue weighted by atomic mass is 10.2. The second-order valence-corrected chi connectivity index (χ2v) is 6.96. The quantitative estimate of drug-likeness (QED) is 0.758. The number of anilines is 2. The van der Waals surface area contributed by atoms with Gasteiger partial charge in [-0.25, -0.2) is 4.79 Å². The van der Waals surface area contributed by atoms with Crippen molar-refractivity contribution in [1.82, 2.24) is 4.90 Å². The molecular weight excluding hydrogens is 389 g/mol. The Bertz CT molecular complexity index is 839. The third kappa shape index (κ3) is 5.52. The molecule has 1 fully saturated rings. The van der Waals surface area contributed by atoms with Crippen LogP contribution < -0.4 is 15.4 Å². The van der Waals surface area contributed by atoms with Gasteiger partial charge in [0, 0.05) is 29.5 Å². The number of benzene rings is 2. The second kappa shape index (κ2) is 8.97. The predicted molar refractivity (Wildman–Crippen MR) is 107 cm³/mol. The summed E-state index contributed by atoms with van der Waals surface area (Å²) >= 11 is 11.8. The molecule has 1 saturated heterocycles. The highest BCUT2D eigenvalue weighted by molar-refractivity contribution is 6.35. The highest BCUT2D eigenvalue weighted by Gasteiger charge is 2.17. The smallest absolute Gasteiger partial charge is 0.321 e. The highest BCUT2D eigenvalue weighted by atomic mass is 35.5. The molecule has 2 aromatic rings. The Hall–Kier alpha value is -2.44. The zero-order valence-electron chi connectivity index (χ0n) is 14.5. The normalized spacial score (nSPS) is 13.3. The number of amides is 3.